The fourth-order valence-corrected chi connectivity index (χ4v) is 2.53. The molecule has 0 aliphatic heterocycles. The number of hydrogen-bond donors (Lipinski definition) is 1. The molecule has 0 saturated heterocycles. The zero-order valence-corrected chi connectivity index (χ0v) is 11.5. The van der Waals surface area contributed by atoms with Gasteiger partial charge in [0.2, 0.25) is 5.88 Å². The fourth-order valence-electron chi connectivity index (χ4n) is 2.53. The number of rotatable bonds is 4. The zero-order valence-electron chi connectivity index (χ0n) is 11.5. The summed E-state index contributed by atoms with van der Waals surface area (Å²) in [6.45, 7) is 0.433. The summed E-state index contributed by atoms with van der Waals surface area (Å²) in [6.07, 6.45) is 2.06. The van der Waals surface area contributed by atoms with E-state index in [2.05, 4.69) is 17.1 Å². The van der Waals surface area contributed by atoms with Gasteiger partial charge < -0.3 is 15.2 Å². The Kier molecular flexibility index (Phi) is 3.56. The van der Waals surface area contributed by atoms with Crippen molar-refractivity contribution >= 4 is 0 Å². The first-order valence-corrected chi connectivity index (χ1v) is 6.77. The van der Waals surface area contributed by atoms with Crippen LogP contribution in [0.25, 0.3) is 0 Å². The Morgan fingerprint density at radius 1 is 1.30 bits per heavy atom. The van der Waals surface area contributed by atoms with Crippen molar-refractivity contribution in [2.45, 2.75) is 25.5 Å². The Bertz CT molecular complexity index is 613. The van der Waals surface area contributed by atoms with Crippen molar-refractivity contribution in [2.24, 2.45) is 5.73 Å². The van der Waals surface area contributed by atoms with Gasteiger partial charge in [-0.3, -0.25) is 0 Å². The molecule has 1 heterocycles. The largest absolute Gasteiger partial charge is 0.487 e. The lowest BCUT2D eigenvalue weighted by molar-refractivity contribution is 0.298. The molecular weight excluding hydrogens is 252 g/mol. The normalized spacial score (nSPS) is 16.8. The highest BCUT2D eigenvalue weighted by Gasteiger charge is 2.19. The second-order valence-electron chi connectivity index (χ2n) is 4.97. The molecule has 1 aliphatic rings. The maximum absolute atomic E-state index is 6.03. The van der Waals surface area contributed by atoms with Gasteiger partial charge in [-0.05, 0) is 42.2 Å². The Morgan fingerprint density at radius 3 is 3.05 bits per heavy atom. The molecule has 0 radical (unpaired) electrons. The number of aryl methyl sites for hydroxylation is 1. The van der Waals surface area contributed by atoms with E-state index in [0.717, 1.165) is 24.3 Å². The third-order valence-electron chi connectivity index (χ3n) is 3.62. The van der Waals surface area contributed by atoms with E-state index in [1.807, 2.05) is 24.3 Å². The fraction of sp³-hybridized carbons (Fsp3) is 0.312. The zero-order chi connectivity index (χ0) is 13.9. The Labute approximate surface area is 118 Å². The van der Waals surface area contributed by atoms with Crippen LogP contribution in [0.15, 0.2) is 36.4 Å². The number of pyridine rings is 1. The minimum atomic E-state index is 0.180. The molecule has 2 aromatic rings. The van der Waals surface area contributed by atoms with Crippen molar-refractivity contribution in [1.29, 1.82) is 0 Å². The van der Waals surface area contributed by atoms with Gasteiger partial charge in [0.25, 0.3) is 0 Å². The highest BCUT2D eigenvalue weighted by atomic mass is 16.5. The molecule has 2 N–H and O–H groups in total. The molecule has 0 unspecified atom stereocenters. The lowest BCUT2D eigenvalue weighted by atomic mass is 10.1. The van der Waals surface area contributed by atoms with Gasteiger partial charge in [-0.1, -0.05) is 12.1 Å². The Morgan fingerprint density at radius 2 is 2.20 bits per heavy atom. The number of methoxy groups -OCH3 is 1. The van der Waals surface area contributed by atoms with E-state index >= 15 is 0 Å². The van der Waals surface area contributed by atoms with Crippen LogP contribution in [-0.2, 0) is 13.0 Å². The number of ether oxygens (including phenoxy) is 2. The lowest BCUT2D eigenvalue weighted by Crippen LogP contribution is -2.05. The van der Waals surface area contributed by atoms with Crippen LogP contribution in [-0.4, -0.2) is 12.1 Å². The summed E-state index contributed by atoms with van der Waals surface area (Å²) in [5, 5.41) is 0. The number of hydrogen-bond acceptors (Lipinski definition) is 4. The second-order valence-corrected chi connectivity index (χ2v) is 4.97. The van der Waals surface area contributed by atoms with E-state index in [0.29, 0.717) is 12.5 Å². The minimum Gasteiger partial charge on any atom is -0.487 e. The van der Waals surface area contributed by atoms with Gasteiger partial charge in [-0.15, -0.1) is 0 Å². The van der Waals surface area contributed by atoms with E-state index in [4.69, 9.17) is 15.2 Å². The average Bonchev–Trinajstić information content (AvgIpc) is 2.86. The van der Waals surface area contributed by atoms with E-state index in [1.54, 1.807) is 7.11 Å². The second kappa shape index (κ2) is 5.51. The number of aromatic nitrogens is 1. The summed E-state index contributed by atoms with van der Waals surface area (Å²) in [5.41, 5.74) is 9.42. The Balaban J connectivity index is 1.69. The molecule has 4 nitrogen and oxygen atoms in total. The van der Waals surface area contributed by atoms with Gasteiger partial charge in [-0.25, -0.2) is 4.98 Å². The molecule has 104 valence electrons. The third kappa shape index (κ3) is 2.60. The molecule has 0 saturated carbocycles. The molecule has 0 spiro atoms. The number of benzene rings is 1. The van der Waals surface area contributed by atoms with E-state index < -0.39 is 0 Å². The summed E-state index contributed by atoms with van der Waals surface area (Å²) in [6, 6.07) is 12.0. The number of fused-ring (bicyclic) bond motifs is 1. The smallest absolute Gasteiger partial charge is 0.213 e. The summed E-state index contributed by atoms with van der Waals surface area (Å²) in [7, 11) is 1.61. The molecule has 1 atom stereocenters. The van der Waals surface area contributed by atoms with Gasteiger partial charge in [-0.2, -0.15) is 0 Å². The van der Waals surface area contributed by atoms with Crippen molar-refractivity contribution in [3.8, 4) is 11.6 Å². The van der Waals surface area contributed by atoms with Gasteiger partial charge in [0.15, 0.2) is 0 Å². The highest BCUT2D eigenvalue weighted by Crippen LogP contribution is 2.32. The highest BCUT2D eigenvalue weighted by molar-refractivity contribution is 5.40. The minimum absolute atomic E-state index is 0.180. The topological polar surface area (TPSA) is 57.4 Å². The van der Waals surface area contributed by atoms with Crippen LogP contribution >= 0.6 is 0 Å². The first kappa shape index (κ1) is 12.9. The van der Waals surface area contributed by atoms with E-state index in [-0.39, 0.29) is 6.04 Å². The molecule has 1 aromatic carbocycles. The predicted molar refractivity (Wildman–Crippen MR) is 76.8 cm³/mol. The lowest BCUT2D eigenvalue weighted by Gasteiger charge is -2.09. The molecule has 0 fully saturated rings. The SMILES string of the molecule is COc1cccc(COc2ccc3c(c2)CC[C@@H]3N)n1. The van der Waals surface area contributed by atoms with Gasteiger partial charge in [0, 0.05) is 12.1 Å². The maximum atomic E-state index is 6.03. The molecule has 4 heteroatoms. The van der Waals surface area contributed by atoms with Gasteiger partial charge in [0.05, 0.1) is 12.8 Å². The van der Waals surface area contributed by atoms with Crippen LogP contribution in [0.5, 0.6) is 11.6 Å². The Hall–Kier alpha value is -2.07. The molecule has 0 amide bonds. The first-order chi connectivity index (χ1) is 9.76. The standard InChI is InChI=1S/C16H18N2O2/c1-19-16-4-2-3-12(18-16)10-20-13-6-7-14-11(9-13)5-8-15(14)17/h2-4,6-7,9,15H,5,8,10,17H2,1H3/t15-/m0/s1. The van der Waals surface area contributed by atoms with Crippen LogP contribution in [0, 0.1) is 0 Å². The molecule has 1 aliphatic carbocycles. The van der Waals surface area contributed by atoms with Crippen molar-refractivity contribution < 1.29 is 9.47 Å². The van der Waals surface area contributed by atoms with Crippen LogP contribution < -0.4 is 15.2 Å². The monoisotopic (exact) mass is 270 g/mol. The quantitative estimate of drug-likeness (QED) is 0.927. The summed E-state index contributed by atoms with van der Waals surface area (Å²) in [5.74, 6) is 1.47. The van der Waals surface area contributed by atoms with Crippen LogP contribution in [0.3, 0.4) is 0 Å². The van der Waals surface area contributed by atoms with Crippen molar-refractivity contribution in [1.82, 2.24) is 4.98 Å². The predicted octanol–water partition coefficient (Wildman–Crippen LogP) is 2.62. The number of nitrogens with zero attached hydrogens (tertiary/aromatic N) is 1. The molecule has 20 heavy (non-hydrogen) atoms. The molecule has 3 rings (SSSR count). The van der Waals surface area contributed by atoms with Gasteiger partial charge >= 0.3 is 0 Å². The summed E-state index contributed by atoms with van der Waals surface area (Å²) >= 11 is 0. The van der Waals surface area contributed by atoms with Crippen molar-refractivity contribution in [3.63, 3.8) is 0 Å². The molecular formula is C16H18N2O2. The molecule has 0 bridgehead atoms. The van der Waals surface area contributed by atoms with Crippen LogP contribution in [0.4, 0.5) is 0 Å². The summed E-state index contributed by atoms with van der Waals surface area (Å²) in [4.78, 5) is 4.32. The molecule has 1 aromatic heterocycles. The van der Waals surface area contributed by atoms with Crippen molar-refractivity contribution in [2.75, 3.05) is 7.11 Å². The van der Waals surface area contributed by atoms with Crippen molar-refractivity contribution in [3.05, 3.63) is 53.2 Å². The maximum Gasteiger partial charge on any atom is 0.213 e. The van der Waals surface area contributed by atoms with Crippen LogP contribution in [0.1, 0.15) is 29.3 Å². The van der Waals surface area contributed by atoms with E-state index in [9.17, 15) is 0 Å². The average molecular weight is 270 g/mol. The first-order valence-electron chi connectivity index (χ1n) is 6.77. The summed E-state index contributed by atoms with van der Waals surface area (Å²) < 4.78 is 10.9. The van der Waals surface area contributed by atoms with Crippen LogP contribution in [0.2, 0.25) is 0 Å². The van der Waals surface area contributed by atoms with E-state index in [1.165, 1.54) is 11.1 Å². The number of nitrogens with two attached hydrogens (primary N) is 1. The third-order valence-corrected chi connectivity index (χ3v) is 3.62. The van der Waals surface area contributed by atoms with Gasteiger partial charge in [0.1, 0.15) is 12.4 Å².